The Morgan fingerprint density at radius 3 is 2.40 bits per heavy atom. The lowest BCUT2D eigenvalue weighted by molar-refractivity contribution is -0.393. The first-order chi connectivity index (χ1) is 9.26. The summed E-state index contributed by atoms with van der Waals surface area (Å²) in [5, 5.41) is 24.5. The van der Waals surface area contributed by atoms with Gasteiger partial charge in [-0.1, -0.05) is 0 Å². The third-order valence-corrected chi connectivity index (χ3v) is 2.63. The molecule has 8 heteroatoms. The van der Waals surface area contributed by atoms with E-state index in [9.17, 15) is 20.2 Å². The Morgan fingerprint density at radius 2 is 1.90 bits per heavy atom. The third-order valence-electron chi connectivity index (χ3n) is 2.63. The largest absolute Gasteiger partial charge is 0.377 e. The fourth-order valence-electron chi connectivity index (χ4n) is 1.68. The Kier molecular flexibility index (Phi) is 4.98. The first-order valence-electron chi connectivity index (χ1n) is 6.07. The molecule has 0 saturated heterocycles. The van der Waals surface area contributed by atoms with Crippen LogP contribution in [0, 0.1) is 20.2 Å². The summed E-state index contributed by atoms with van der Waals surface area (Å²) in [4.78, 5) is 20.3. The number of non-ortho nitro benzene ring substituents is 1. The van der Waals surface area contributed by atoms with E-state index in [4.69, 9.17) is 4.74 Å². The minimum absolute atomic E-state index is 0.230. The lowest BCUT2D eigenvalue weighted by atomic mass is 10.1. The highest BCUT2D eigenvalue weighted by atomic mass is 16.6. The van der Waals surface area contributed by atoms with Gasteiger partial charge in [-0.15, -0.1) is 0 Å². The van der Waals surface area contributed by atoms with Gasteiger partial charge in [-0.3, -0.25) is 20.2 Å². The molecule has 0 spiro atoms. The molecule has 8 nitrogen and oxygen atoms in total. The molecule has 0 fully saturated rings. The second-order valence-electron chi connectivity index (χ2n) is 4.76. The molecule has 0 saturated carbocycles. The van der Waals surface area contributed by atoms with Crippen LogP contribution >= 0.6 is 0 Å². The number of ether oxygens (including phenoxy) is 1. The second kappa shape index (κ2) is 6.29. The molecular weight excluding hydrogens is 266 g/mol. The molecule has 1 rings (SSSR count). The molecule has 0 aliphatic rings. The summed E-state index contributed by atoms with van der Waals surface area (Å²) in [7, 11) is 0. The summed E-state index contributed by atoms with van der Waals surface area (Å²) >= 11 is 0. The highest BCUT2D eigenvalue weighted by Gasteiger charge is 2.22. The Bertz CT molecular complexity index is 516. The van der Waals surface area contributed by atoms with Gasteiger partial charge in [0.2, 0.25) is 0 Å². The topological polar surface area (TPSA) is 108 Å². The average molecular weight is 283 g/mol. The third kappa shape index (κ3) is 4.16. The Hall–Kier alpha value is -2.22. The number of nitrogens with zero attached hydrogens (tertiary/aromatic N) is 2. The molecule has 110 valence electrons. The number of benzene rings is 1. The fourth-order valence-corrected chi connectivity index (χ4v) is 1.68. The monoisotopic (exact) mass is 283 g/mol. The van der Waals surface area contributed by atoms with Crippen molar-refractivity contribution in [2.45, 2.75) is 26.4 Å². The van der Waals surface area contributed by atoms with Crippen LogP contribution in [0.3, 0.4) is 0 Å². The molecule has 0 heterocycles. The SMILES string of the molecule is CCOC(C)(C)CNc1ccc([N+](=O)[O-])cc1[N+](=O)[O-]. The van der Waals surface area contributed by atoms with Crippen molar-refractivity contribution in [3.63, 3.8) is 0 Å². The summed E-state index contributed by atoms with van der Waals surface area (Å²) < 4.78 is 5.47. The lowest BCUT2D eigenvalue weighted by Crippen LogP contribution is -2.33. The lowest BCUT2D eigenvalue weighted by Gasteiger charge is -2.25. The molecule has 1 aromatic rings. The summed E-state index contributed by atoms with van der Waals surface area (Å²) in [6.07, 6.45) is 0. The van der Waals surface area contributed by atoms with Crippen LogP contribution < -0.4 is 5.32 Å². The van der Waals surface area contributed by atoms with Crippen LogP contribution in [0.2, 0.25) is 0 Å². The molecule has 0 aliphatic heterocycles. The van der Waals surface area contributed by atoms with E-state index in [1.54, 1.807) is 0 Å². The van der Waals surface area contributed by atoms with Crippen molar-refractivity contribution in [3.05, 3.63) is 38.4 Å². The fraction of sp³-hybridized carbons (Fsp3) is 0.500. The van der Waals surface area contributed by atoms with Gasteiger partial charge < -0.3 is 10.1 Å². The Balaban J connectivity index is 2.95. The van der Waals surface area contributed by atoms with Crippen molar-refractivity contribution in [2.24, 2.45) is 0 Å². The van der Waals surface area contributed by atoms with Gasteiger partial charge in [0, 0.05) is 19.2 Å². The van der Waals surface area contributed by atoms with E-state index in [1.807, 2.05) is 20.8 Å². The van der Waals surface area contributed by atoms with Crippen molar-refractivity contribution >= 4 is 17.1 Å². The summed E-state index contributed by atoms with van der Waals surface area (Å²) in [5.74, 6) is 0. The summed E-state index contributed by atoms with van der Waals surface area (Å²) in [6, 6.07) is 3.50. The van der Waals surface area contributed by atoms with E-state index in [2.05, 4.69) is 5.32 Å². The van der Waals surface area contributed by atoms with Crippen LogP contribution in [-0.2, 0) is 4.74 Å². The van der Waals surface area contributed by atoms with Crippen molar-refractivity contribution in [1.82, 2.24) is 0 Å². The molecule has 1 aromatic carbocycles. The van der Waals surface area contributed by atoms with E-state index >= 15 is 0 Å². The van der Waals surface area contributed by atoms with Gasteiger partial charge >= 0.3 is 0 Å². The normalized spacial score (nSPS) is 11.2. The predicted octanol–water partition coefficient (Wildman–Crippen LogP) is 2.73. The van der Waals surface area contributed by atoms with Gasteiger partial charge in [0.1, 0.15) is 5.69 Å². The van der Waals surface area contributed by atoms with Crippen LogP contribution in [0.25, 0.3) is 0 Å². The van der Waals surface area contributed by atoms with Crippen molar-refractivity contribution < 1.29 is 14.6 Å². The zero-order chi connectivity index (χ0) is 15.3. The van der Waals surface area contributed by atoms with Gasteiger partial charge in [0.05, 0.1) is 21.5 Å². The van der Waals surface area contributed by atoms with Crippen LogP contribution in [0.15, 0.2) is 18.2 Å². The molecule has 20 heavy (non-hydrogen) atoms. The molecule has 0 radical (unpaired) electrons. The molecule has 0 aromatic heterocycles. The number of nitro benzene ring substituents is 2. The van der Waals surface area contributed by atoms with Crippen molar-refractivity contribution in [3.8, 4) is 0 Å². The van der Waals surface area contributed by atoms with Crippen molar-refractivity contribution in [2.75, 3.05) is 18.5 Å². The number of rotatable bonds is 7. The van der Waals surface area contributed by atoms with Gasteiger partial charge in [0.25, 0.3) is 11.4 Å². The second-order valence-corrected chi connectivity index (χ2v) is 4.76. The minimum Gasteiger partial charge on any atom is -0.377 e. The van der Waals surface area contributed by atoms with Gasteiger partial charge in [-0.25, -0.2) is 0 Å². The van der Waals surface area contributed by atoms with Gasteiger partial charge in [-0.2, -0.15) is 0 Å². The highest BCUT2D eigenvalue weighted by Crippen LogP contribution is 2.29. The molecule has 0 bridgehead atoms. The maximum absolute atomic E-state index is 11.0. The standard InChI is InChI=1S/C12H17N3O5/c1-4-20-12(2,3)8-13-10-6-5-9(14(16)17)7-11(10)15(18)19/h5-7,13H,4,8H2,1-3H3. The van der Waals surface area contributed by atoms with Crippen molar-refractivity contribution in [1.29, 1.82) is 0 Å². The average Bonchev–Trinajstić information content (AvgIpc) is 2.36. The molecule has 0 aliphatic carbocycles. The number of hydrogen-bond donors (Lipinski definition) is 1. The molecule has 0 unspecified atom stereocenters. The van der Waals surface area contributed by atoms with Crippen LogP contribution in [0.1, 0.15) is 20.8 Å². The van der Waals surface area contributed by atoms with Gasteiger partial charge in [-0.05, 0) is 26.8 Å². The number of anilines is 1. The van der Waals surface area contributed by atoms with Crippen LogP contribution in [0.4, 0.5) is 17.1 Å². The first-order valence-corrected chi connectivity index (χ1v) is 6.07. The highest BCUT2D eigenvalue weighted by molar-refractivity contribution is 5.65. The molecule has 0 amide bonds. The minimum atomic E-state index is -0.666. The number of hydrogen-bond acceptors (Lipinski definition) is 6. The van der Waals surface area contributed by atoms with Crippen LogP contribution in [-0.4, -0.2) is 28.6 Å². The smallest absolute Gasteiger partial charge is 0.299 e. The van der Waals surface area contributed by atoms with E-state index in [0.29, 0.717) is 13.2 Å². The van der Waals surface area contributed by atoms with Gasteiger partial charge in [0.15, 0.2) is 0 Å². The zero-order valence-corrected chi connectivity index (χ0v) is 11.6. The predicted molar refractivity (Wildman–Crippen MR) is 73.9 cm³/mol. The Morgan fingerprint density at radius 1 is 1.25 bits per heavy atom. The summed E-state index contributed by atoms with van der Waals surface area (Å²) in [6.45, 7) is 6.42. The molecule has 0 atom stereocenters. The van der Waals surface area contributed by atoms with E-state index in [1.165, 1.54) is 12.1 Å². The molecular formula is C12H17N3O5. The Labute approximate surface area is 116 Å². The first kappa shape index (κ1) is 15.8. The maximum Gasteiger partial charge on any atom is 0.299 e. The number of nitrogens with one attached hydrogen (secondary N) is 1. The summed E-state index contributed by atoms with van der Waals surface area (Å²) in [5.41, 5.74) is -0.907. The quantitative estimate of drug-likeness (QED) is 0.609. The maximum atomic E-state index is 11.0. The van der Waals surface area contributed by atoms with E-state index in [-0.39, 0.29) is 17.1 Å². The molecule has 1 N–H and O–H groups in total. The van der Waals surface area contributed by atoms with Crippen LogP contribution in [0.5, 0.6) is 0 Å². The van der Waals surface area contributed by atoms with E-state index in [0.717, 1.165) is 6.07 Å². The zero-order valence-electron chi connectivity index (χ0n) is 11.6. The number of nitro groups is 2. The van der Waals surface area contributed by atoms with E-state index < -0.39 is 15.4 Å².